The van der Waals surface area contributed by atoms with Gasteiger partial charge in [-0.3, -0.25) is 48.8 Å². The summed E-state index contributed by atoms with van der Waals surface area (Å²) < 4.78 is 0. The first-order valence-corrected chi connectivity index (χ1v) is 13.3. The zero-order valence-corrected chi connectivity index (χ0v) is 23.3. The van der Waals surface area contributed by atoms with Crippen molar-refractivity contribution in [1.82, 2.24) is 10.3 Å². The third kappa shape index (κ3) is 8.33. The van der Waals surface area contributed by atoms with Crippen molar-refractivity contribution in [3.8, 4) is 0 Å². The average molecular weight is 585 g/mol. The molecular weight excluding hydrogens is 548 g/mol. The number of nitrogens with two attached hydrogens (primary N) is 6. The van der Waals surface area contributed by atoms with Crippen LogP contribution < -0.4 is 50.4 Å². The van der Waals surface area contributed by atoms with Gasteiger partial charge in [-0.2, -0.15) is 0 Å². The van der Waals surface area contributed by atoms with E-state index >= 15 is 0 Å². The molecule has 1 aromatic heterocycles. The van der Waals surface area contributed by atoms with E-state index in [1.165, 1.54) is 18.2 Å². The number of aromatic nitrogens is 1. The zero-order valence-electron chi connectivity index (χ0n) is 23.3. The molecule has 0 saturated carbocycles. The predicted octanol–water partition coefficient (Wildman–Crippen LogP) is 0.321. The Labute approximate surface area is 248 Å². The summed E-state index contributed by atoms with van der Waals surface area (Å²) in [5.74, 6) is -6.50. The van der Waals surface area contributed by atoms with Gasteiger partial charge in [0.05, 0.1) is 12.2 Å². The van der Waals surface area contributed by atoms with Gasteiger partial charge in [0.1, 0.15) is 17.5 Å². The molecule has 0 aliphatic carbocycles. The maximum Gasteiger partial charge on any atom is 0.243 e. The Morgan fingerprint density at radius 1 is 0.744 bits per heavy atom. The summed E-state index contributed by atoms with van der Waals surface area (Å²) in [6.07, 6.45) is 1.59. The molecule has 2 amide bonds. The maximum absolute atomic E-state index is 13.4. The fraction of sp³-hybridized carbons (Fsp3) is 0.167. The van der Waals surface area contributed by atoms with Crippen molar-refractivity contribution in [2.45, 2.75) is 24.0 Å². The number of carbonyl (C=O) groups is 3. The molecule has 1 atom stereocenters. The van der Waals surface area contributed by atoms with Crippen LogP contribution in [0.15, 0.2) is 91.1 Å². The Morgan fingerprint density at radius 2 is 1.37 bits per heavy atom. The number of carbonyl (C=O) groups excluding carboxylic acids is 3. The summed E-state index contributed by atoms with van der Waals surface area (Å²) in [4.78, 5) is 42.4. The van der Waals surface area contributed by atoms with Crippen LogP contribution in [0.4, 0.5) is 11.4 Å². The molecular formula is C30H36N10O3. The summed E-state index contributed by atoms with van der Waals surface area (Å²) >= 11 is 0. The van der Waals surface area contributed by atoms with Crippen LogP contribution >= 0.6 is 0 Å². The number of amides is 2. The fourth-order valence-corrected chi connectivity index (χ4v) is 4.33. The highest BCUT2D eigenvalue weighted by Gasteiger charge is 2.30. The monoisotopic (exact) mass is 584 g/mol. The third-order valence-corrected chi connectivity index (χ3v) is 6.61. The third-order valence-electron chi connectivity index (χ3n) is 6.61. The topological polar surface area (TPSA) is 259 Å². The number of nitrogens with one attached hydrogen (secondary N) is 4. The lowest BCUT2D eigenvalue weighted by Crippen LogP contribution is -2.56. The standard InChI is InChI=1S/C30H36N10O3/c31-29(32,33)20-13-21(30(34,35)36)15-23(14-20)40-25(41)17-39-28(43)26(27(42)24-7-4-12-37-24)19-8-10-22(11-9-19)38-16-18-5-2-1-3-6-18/h1-15,26,37-38H,16-17,31-36H2,(H,39,43)(H,40,41). The minimum atomic E-state index is -1.77. The lowest BCUT2D eigenvalue weighted by molar-refractivity contribution is -0.124. The molecule has 16 N–H and O–H groups in total. The highest BCUT2D eigenvalue weighted by Crippen LogP contribution is 2.24. The largest absolute Gasteiger partial charge is 0.381 e. The fourth-order valence-electron chi connectivity index (χ4n) is 4.33. The van der Waals surface area contributed by atoms with Gasteiger partial charge in [-0.05, 0) is 53.6 Å². The second-order valence-electron chi connectivity index (χ2n) is 10.3. The van der Waals surface area contributed by atoms with Gasteiger partial charge >= 0.3 is 0 Å². The molecule has 224 valence electrons. The van der Waals surface area contributed by atoms with Crippen LogP contribution in [0.3, 0.4) is 0 Å². The summed E-state index contributed by atoms with van der Waals surface area (Å²) in [6, 6.07) is 24.4. The van der Waals surface area contributed by atoms with Crippen molar-refractivity contribution in [1.29, 1.82) is 0 Å². The van der Waals surface area contributed by atoms with E-state index < -0.39 is 41.6 Å². The molecule has 1 heterocycles. The lowest BCUT2D eigenvalue weighted by Gasteiger charge is -2.25. The molecule has 0 fully saturated rings. The van der Waals surface area contributed by atoms with E-state index in [0.717, 1.165) is 11.3 Å². The molecule has 0 saturated heterocycles. The van der Waals surface area contributed by atoms with Gasteiger partial charge in [0, 0.05) is 35.2 Å². The highest BCUT2D eigenvalue weighted by atomic mass is 16.2. The molecule has 0 radical (unpaired) electrons. The summed E-state index contributed by atoms with van der Waals surface area (Å²) in [5, 5.41) is 8.46. The van der Waals surface area contributed by atoms with Crippen LogP contribution in [0.1, 0.15) is 38.7 Å². The maximum atomic E-state index is 13.4. The smallest absolute Gasteiger partial charge is 0.243 e. The second kappa shape index (κ2) is 13.0. The number of hydrogen-bond donors (Lipinski definition) is 10. The summed E-state index contributed by atoms with van der Waals surface area (Å²) in [7, 11) is 0. The molecule has 3 aromatic carbocycles. The van der Waals surface area contributed by atoms with Crippen molar-refractivity contribution >= 4 is 29.0 Å². The number of benzene rings is 3. The predicted molar refractivity (Wildman–Crippen MR) is 165 cm³/mol. The number of ketones is 1. The van der Waals surface area contributed by atoms with Crippen LogP contribution in [0.2, 0.25) is 0 Å². The van der Waals surface area contributed by atoms with E-state index in [9.17, 15) is 14.4 Å². The quantitative estimate of drug-likeness (QED) is 0.0619. The molecule has 0 aliphatic heterocycles. The van der Waals surface area contributed by atoms with Crippen molar-refractivity contribution in [3.05, 3.63) is 119 Å². The van der Waals surface area contributed by atoms with Gasteiger partial charge in [-0.15, -0.1) is 0 Å². The average Bonchev–Trinajstić information content (AvgIpc) is 3.51. The first-order chi connectivity index (χ1) is 20.3. The number of aromatic amines is 1. The number of anilines is 2. The Morgan fingerprint density at radius 3 is 1.93 bits per heavy atom. The number of Topliss-reactive ketones (excluding diaryl/α,β-unsaturated/α-hetero) is 1. The number of hydrogen-bond acceptors (Lipinski definition) is 10. The van der Waals surface area contributed by atoms with Crippen molar-refractivity contribution in [3.63, 3.8) is 0 Å². The Bertz CT molecular complexity index is 1530. The van der Waals surface area contributed by atoms with E-state index in [1.54, 1.807) is 42.6 Å². The van der Waals surface area contributed by atoms with Crippen molar-refractivity contribution in [2.75, 3.05) is 17.2 Å². The Balaban J connectivity index is 1.47. The normalized spacial score (nSPS) is 12.3. The van der Waals surface area contributed by atoms with Gasteiger partial charge in [-0.25, -0.2) is 0 Å². The van der Waals surface area contributed by atoms with E-state index in [4.69, 9.17) is 34.4 Å². The van der Waals surface area contributed by atoms with Gasteiger partial charge in [-0.1, -0.05) is 42.5 Å². The van der Waals surface area contributed by atoms with Crippen molar-refractivity contribution in [2.24, 2.45) is 34.4 Å². The minimum Gasteiger partial charge on any atom is -0.381 e. The SMILES string of the molecule is NC(N)(N)c1cc(NC(=O)CNC(=O)C(C(=O)c2ccc[nH]2)c2ccc(NCc3ccccc3)cc2)cc(C(N)(N)N)c1. The second-order valence-corrected chi connectivity index (χ2v) is 10.3. The highest BCUT2D eigenvalue weighted by molar-refractivity contribution is 6.14. The van der Waals surface area contributed by atoms with Crippen LogP contribution in [-0.4, -0.2) is 29.1 Å². The molecule has 0 aliphatic rings. The summed E-state index contributed by atoms with van der Waals surface area (Å²) in [5.41, 5.74) is 38.0. The van der Waals surface area contributed by atoms with Gasteiger partial charge in [0.2, 0.25) is 11.8 Å². The van der Waals surface area contributed by atoms with E-state index in [2.05, 4.69) is 20.9 Å². The number of rotatable bonds is 12. The first-order valence-electron chi connectivity index (χ1n) is 13.3. The molecule has 4 aromatic rings. The number of H-pyrrole nitrogens is 1. The van der Waals surface area contributed by atoms with Crippen LogP contribution in [0, 0.1) is 0 Å². The van der Waals surface area contributed by atoms with Crippen molar-refractivity contribution < 1.29 is 14.4 Å². The Kier molecular flexibility index (Phi) is 9.36. The molecule has 0 bridgehead atoms. The molecule has 13 heteroatoms. The first kappa shape index (κ1) is 31.1. The van der Waals surface area contributed by atoms with Gasteiger partial charge in [0.15, 0.2) is 5.78 Å². The molecule has 0 spiro atoms. The lowest BCUT2D eigenvalue weighted by atomic mass is 9.91. The van der Waals surface area contributed by atoms with Crippen LogP contribution in [0.5, 0.6) is 0 Å². The minimum absolute atomic E-state index is 0.195. The van der Waals surface area contributed by atoms with Gasteiger partial charge in [0.25, 0.3) is 0 Å². The molecule has 4 rings (SSSR count). The van der Waals surface area contributed by atoms with Gasteiger partial charge < -0.3 is 20.9 Å². The zero-order chi connectivity index (χ0) is 31.2. The van der Waals surface area contributed by atoms with Crippen LogP contribution in [0.25, 0.3) is 0 Å². The molecule has 43 heavy (non-hydrogen) atoms. The van der Waals surface area contributed by atoms with E-state index in [1.807, 2.05) is 30.3 Å². The Hall–Kier alpha value is -4.89. The van der Waals surface area contributed by atoms with E-state index in [0.29, 0.717) is 12.1 Å². The summed E-state index contributed by atoms with van der Waals surface area (Å²) in [6.45, 7) is 0.151. The van der Waals surface area contributed by atoms with E-state index in [-0.39, 0.29) is 22.5 Å². The molecule has 13 nitrogen and oxygen atoms in total. The van der Waals surface area contributed by atoms with Crippen LogP contribution in [-0.2, 0) is 27.7 Å². The molecule has 1 unspecified atom stereocenters.